The summed E-state index contributed by atoms with van der Waals surface area (Å²) in [6.07, 6.45) is 0.718. The van der Waals surface area contributed by atoms with E-state index in [1.807, 2.05) is 61.5 Å². The number of aliphatic hydroxyl groups excluding tert-OH is 1. The monoisotopic (exact) mass is 542 g/mol. The van der Waals surface area contributed by atoms with Crippen molar-refractivity contribution in [1.82, 2.24) is 9.80 Å². The lowest BCUT2D eigenvalue weighted by Gasteiger charge is -2.27. The van der Waals surface area contributed by atoms with Crippen LogP contribution in [0.25, 0.3) is 5.76 Å². The first kappa shape index (κ1) is 28.9. The van der Waals surface area contributed by atoms with Gasteiger partial charge in [-0.15, -0.1) is 0 Å². The van der Waals surface area contributed by atoms with E-state index < -0.39 is 17.7 Å². The summed E-state index contributed by atoms with van der Waals surface area (Å²) in [7, 11) is 0. The number of ether oxygens (including phenoxy) is 2. The molecule has 0 aliphatic carbocycles. The van der Waals surface area contributed by atoms with Crippen molar-refractivity contribution in [2.45, 2.75) is 39.8 Å². The molecule has 1 aliphatic heterocycles. The van der Waals surface area contributed by atoms with Gasteiger partial charge in [0.25, 0.3) is 11.7 Å². The fraction of sp³-hybridized carbons (Fsp3) is 0.333. The van der Waals surface area contributed by atoms with Crippen molar-refractivity contribution in [3.63, 3.8) is 0 Å². The van der Waals surface area contributed by atoms with Crippen LogP contribution in [-0.4, -0.2) is 59.4 Å². The molecule has 1 aliphatic rings. The first-order valence-electron chi connectivity index (χ1n) is 14.0. The van der Waals surface area contributed by atoms with Crippen LogP contribution in [0.2, 0.25) is 0 Å². The maximum atomic E-state index is 13.4. The normalized spacial score (nSPS) is 16.5. The summed E-state index contributed by atoms with van der Waals surface area (Å²) < 4.78 is 11.5. The highest BCUT2D eigenvalue weighted by molar-refractivity contribution is 6.46. The Morgan fingerprint density at radius 3 is 2.10 bits per heavy atom. The Kier molecular flexibility index (Phi) is 9.97. The first-order valence-corrected chi connectivity index (χ1v) is 14.0. The Balaban J connectivity index is 1.62. The quantitative estimate of drug-likeness (QED) is 0.167. The molecule has 7 heteroatoms. The van der Waals surface area contributed by atoms with E-state index in [0.717, 1.165) is 37.2 Å². The zero-order chi connectivity index (χ0) is 28.5. The lowest BCUT2D eigenvalue weighted by molar-refractivity contribution is -0.140. The molecule has 40 heavy (non-hydrogen) atoms. The zero-order valence-electron chi connectivity index (χ0n) is 23.5. The van der Waals surface area contributed by atoms with E-state index >= 15 is 0 Å². The third kappa shape index (κ3) is 6.72. The molecule has 4 rings (SSSR count). The van der Waals surface area contributed by atoms with E-state index in [9.17, 15) is 14.7 Å². The molecule has 210 valence electrons. The fourth-order valence-corrected chi connectivity index (χ4v) is 4.98. The van der Waals surface area contributed by atoms with Crippen molar-refractivity contribution in [1.29, 1.82) is 0 Å². The zero-order valence-corrected chi connectivity index (χ0v) is 23.5. The Morgan fingerprint density at radius 1 is 0.850 bits per heavy atom. The van der Waals surface area contributed by atoms with Crippen molar-refractivity contribution in [2.75, 3.05) is 32.8 Å². The third-order valence-electron chi connectivity index (χ3n) is 7.19. The van der Waals surface area contributed by atoms with Crippen LogP contribution in [0, 0.1) is 0 Å². The second kappa shape index (κ2) is 13.8. The minimum absolute atomic E-state index is 0.0925. The van der Waals surface area contributed by atoms with E-state index in [1.165, 1.54) is 0 Å². The number of ketones is 1. The molecule has 7 nitrogen and oxygen atoms in total. The van der Waals surface area contributed by atoms with Gasteiger partial charge < -0.3 is 24.4 Å². The Labute approximate surface area is 236 Å². The van der Waals surface area contributed by atoms with E-state index in [4.69, 9.17) is 9.47 Å². The summed E-state index contributed by atoms with van der Waals surface area (Å²) in [5.41, 5.74) is 2.33. The maximum Gasteiger partial charge on any atom is 0.295 e. The summed E-state index contributed by atoms with van der Waals surface area (Å²) in [5, 5.41) is 11.4. The van der Waals surface area contributed by atoms with Gasteiger partial charge in [0.2, 0.25) is 0 Å². The summed E-state index contributed by atoms with van der Waals surface area (Å²) in [5.74, 6) is -0.124. The van der Waals surface area contributed by atoms with Crippen LogP contribution in [0.3, 0.4) is 0 Å². The van der Waals surface area contributed by atoms with Gasteiger partial charge in [-0.1, -0.05) is 56.3 Å². The highest BCUT2D eigenvalue weighted by Crippen LogP contribution is 2.40. The van der Waals surface area contributed by atoms with Gasteiger partial charge in [-0.2, -0.15) is 0 Å². The second-order valence-corrected chi connectivity index (χ2v) is 9.67. The Morgan fingerprint density at radius 2 is 1.48 bits per heavy atom. The number of hydrogen-bond donors (Lipinski definition) is 1. The Bertz CT molecular complexity index is 1300. The number of carbonyl (C=O) groups is 2. The van der Waals surface area contributed by atoms with E-state index in [1.54, 1.807) is 29.2 Å². The summed E-state index contributed by atoms with van der Waals surface area (Å²) in [6, 6.07) is 23.4. The predicted octanol–water partition coefficient (Wildman–Crippen LogP) is 5.82. The lowest BCUT2D eigenvalue weighted by Crippen LogP contribution is -2.33. The number of likely N-dealkylation sites (tertiary alicyclic amines) is 1. The number of Topliss-reactive ketones (excluding diaryl/α,β-unsaturated/α-hetero) is 1. The molecular weight excluding hydrogens is 504 g/mol. The standard InChI is InChI=1S/C33H38N2O5/c1-4-34(5-2)21-10-22-35-30(25-13-17-27(18-14-25)39-6-3)29(32(37)33(35)38)31(36)26-15-19-28(20-16-26)40-23-24-11-8-7-9-12-24/h7-9,11-20,30,36H,4-6,10,21-23H2,1-3H3/b31-29+. The highest BCUT2D eigenvalue weighted by Gasteiger charge is 2.45. The van der Waals surface area contributed by atoms with E-state index in [-0.39, 0.29) is 11.3 Å². The summed E-state index contributed by atoms with van der Waals surface area (Å²) >= 11 is 0. The molecule has 0 bridgehead atoms. The molecule has 0 spiro atoms. The van der Waals surface area contributed by atoms with Crippen LogP contribution in [0.5, 0.6) is 11.5 Å². The van der Waals surface area contributed by atoms with E-state index in [0.29, 0.717) is 36.8 Å². The molecule has 0 aromatic heterocycles. The number of hydrogen-bond acceptors (Lipinski definition) is 6. The molecule has 3 aromatic carbocycles. The SMILES string of the molecule is CCOc1ccc(C2/C(=C(\O)c3ccc(OCc4ccccc4)cc3)C(=O)C(=O)N2CCCN(CC)CC)cc1. The molecule has 1 unspecified atom stereocenters. The smallest absolute Gasteiger partial charge is 0.295 e. The number of aliphatic hydroxyl groups is 1. The van der Waals surface area contributed by atoms with Crippen LogP contribution < -0.4 is 9.47 Å². The van der Waals surface area contributed by atoms with Crippen molar-refractivity contribution >= 4 is 17.4 Å². The van der Waals surface area contributed by atoms with Crippen LogP contribution in [0.4, 0.5) is 0 Å². The number of amides is 1. The molecular formula is C33H38N2O5. The fourth-order valence-electron chi connectivity index (χ4n) is 4.98. The molecule has 1 amide bonds. The number of rotatable bonds is 13. The highest BCUT2D eigenvalue weighted by atomic mass is 16.5. The van der Waals surface area contributed by atoms with Gasteiger partial charge in [0, 0.05) is 12.1 Å². The topological polar surface area (TPSA) is 79.3 Å². The van der Waals surface area contributed by atoms with Gasteiger partial charge in [0.1, 0.15) is 23.9 Å². The molecule has 1 N–H and O–H groups in total. The summed E-state index contributed by atoms with van der Waals surface area (Å²) in [4.78, 5) is 30.5. The molecule has 1 fully saturated rings. The van der Waals surface area contributed by atoms with Gasteiger partial charge in [0.05, 0.1) is 18.2 Å². The number of carbonyl (C=O) groups excluding carboxylic acids is 2. The number of nitrogens with zero attached hydrogens (tertiary/aromatic N) is 2. The van der Waals surface area contributed by atoms with Crippen molar-refractivity contribution < 1.29 is 24.2 Å². The van der Waals surface area contributed by atoms with Crippen LogP contribution in [0.1, 0.15) is 49.9 Å². The first-order chi connectivity index (χ1) is 19.5. The maximum absolute atomic E-state index is 13.4. The second-order valence-electron chi connectivity index (χ2n) is 9.67. The average Bonchev–Trinajstić information content (AvgIpc) is 3.24. The average molecular weight is 543 g/mol. The third-order valence-corrected chi connectivity index (χ3v) is 7.19. The molecule has 0 saturated carbocycles. The minimum atomic E-state index is -0.693. The Hall–Kier alpha value is -4.10. The van der Waals surface area contributed by atoms with Crippen LogP contribution >= 0.6 is 0 Å². The van der Waals surface area contributed by atoms with Gasteiger partial charge in [-0.3, -0.25) is 9.59 Å². The lowest BCUT2D eigenvalue weighted by atomic mass is 9.95. The molecule has 0 radical (unpaired) electrons. The predicted molar refractivity (Wildman–Crippen MR) is 156 cm³/mol. The minimum Gasteiger partial charge on any atom is -0.507 e. The summed E-state index contributed by atoms with van der Waals surface area (Å²) in [6.45, 7) is 10.1. The van der Waals surface area contributed by atoms with Gasteiger partial charge >= 0.3 is 0 Å². The van der Waals surface area contributed by atoms with Crippen molar-refractivity contribution in [3.05, 3.63) is 101 Å². The van der Waals surface area contributed by atoms with Gasteiger partial charge in [-0.05, 0) is 80.5 Å². The van der Waals surface area contributed by atoms with Gasteiger partial charge in [0.15, 0.2) is 0 Å². The molecule has 1 heterocycles. The van der Waals surface area contributed by atoms with E-state index in [2.05, 4.69) is 18.7 Å². The van der Waals surface area contributed by atoms with Crippen LogP contribution in [-0.2, 0) is 16.2 Å². The molecule has 1 atom stereocenters. The molecule has 3 aromatic rings. The van der Waals surface area contributed by atoms with Crippen molar-refractivity contribution in [3.8, 4) is 11.5 Å². The largest absolute Gasteiger partial charge is 0.507 e. The van der Waals surface area contributed by atoms with Crippen LogP contribution in [0.15, 0.2) is 84.4 Å². The number of benzene rings is 3. The molecule has 1 saturated heterocycles. The van der Waals surface area contributed by atoms with Crippen molar-refractivity contribution in [2.24, 2.45) is 0 Å². The van der Waals surface area contributed by atoms with Gasteiger partial charge in [-0.25, -0.2) is 0 Å².